The van der Waals surface area contributed by atoms with Gasteiger partial charge in [0.15, 0.2) is 0 Å². The van der Waals surface area contributed by atoms with Gasteiger partial charge in [-0.15, -0.1) is 0 Å². The molecule has 2 N–H and O–H groups in total. The first-order chi connectivity index (χ1) is 14.6. The van der Waals surface area contributed by atoms with Crippen LogP contribution in [0.4, 0.5) is 28.8 Å². The summed E-state index contributed by atoms with van der Waals surface area (Å²) < 4.78 is 0. The van der Waals surface area contributed by atoms with Crippen molar-refractivity contribution in [1.29, 1.82) is 5.26 Å². The summed E-state index contributed by atoms with van der Waals surface area (Å²) in [7, 11) is 0. The normalized spacial score (nSPS) is 14.2. The van der Waals surface area contributed by atoms with Crippen molar-refractivity contribution in [2.24, 2.45) is 5.92 Å². The monoisotopic (exact) mass is 398 g/mol. The Hall–Kier alpha value is -3.59. The first-order valence-corrected chi connectivity index (χ1v) is 10.3. The Bertz CT molecular complexity index is 1050. The quantitative estimate of drug-likeness (QED) is 0.601. The Morgan fingerprint density at radius 3 is 2.47 bits per heavy atom. The number of aromatic nitrogens is 2. The van der Waals surface area contributed by atoms with Crippen LogP contribution in [0.5, 0.6) is 0 Å². The number of nitriles is 1. The molecular formula is C24H26N6. The van der Waals surface area contributed by atoms with E-state index in [-0.39, 0.29) is 0 Å². The van der Waals surface area contributed by atoms with Crippen molar-refractivity contribution in [2.45, 2.75) is 26.7 Å². The van der Waals surface area contributed by atoms with Gasteiger partial charge in [-0.2, -0.15) is 10.2 Å². The number of anilines is 5. The van der Waals surface area contributed by atoms with Gasteiger partial charge in [0, 0.05) is 41.9 Å². The smallest absolute Gasteiger partial charge is 0.229 e. The van der Waals surface area contributed by atoms with Crippen LogP contribution in [-0.4, -0.2) is 23.1 Å². The molecule has 2 aromatic carbocycles. The molecule has 0 atom stereocenters. The molecular weight excluding hydrogens is 372 g/mol. The SMILES string of the molecule is Cc1cc(Nc2cccc(C#N)c2)nc(Nc2ccc(N3CCC(C)CC3)cc2)n1. The van der Waals surface area contributed by atoms with Crippen LogP contribution in [-0.2, 0) is 0 Å². The Labute approximate surface area is 177 Å². The topological polar surface area (TPSA) is 76.9 Å². The zero-order valence-electron chi connectivity index (χ0n) is 17.4. The van der Waals surface area contributed by atoms with E-state index >= 15 is 0 Å². The zero-order valence-corrected chi connectivity index (χ0v) is 17.4. The summed E-state index contributed by atoms with van der Waals surface area (Å²) in [6.45, 7) is 6.51. The molecule has 0 unspecified atom stereocenters. The molecule has 152 valence electrons. The van der Waals surface area contributed by atoms with Gasteiger partial charge in [0.2, 0.25) is 5.95 Å². The predicted octanol–water partition coefficient (Wildman–Crippen LogP) is 5.38. The minimum absolute atomic E-state index is 0.536. The van der Waals surface area contributed by atoms with Gasteiger partial charge < -0.3 is 15.5 Å². The van der Waals surface area contributed by atoms with E-state index in [9.17, 15) is 0 Å². The summed E-state index contributed by atoms with van der Waals surface area (Å²) in [5.41, 5.74) is 4.49. The molecule has 30 heavy (non-hydrogen) atoms. The van der Waals surface area contributed by atoms with Gasteiger partial charge in [-0.1, -0.05) is 13.0 Å². The second-order valence-electron chi connectivity index (χ2n) is 7.88. The van der Waals surface area contributed by atoms with Crippen LogP contribution in [0.3, 0.4) is 0 Å². The van der Waals surface area contributed by atoms with E-state index in [0.29, 0.717) is 17.3 Å². The van der Waals surface area contributed by atoms with E-state index in [4.69, 9.17) is 5.26 Å². The Morgan fingerprint density at radius 1 is 0.967 bits per heavy atom. The lowest BCUT2D eigenvalue weighted by Gasteiger charge is -2.32. The molecule has 1 aliphatic rings. The van der Waals surface area contributed by atoms with Crippen LogP contribution in [0.1, 0.15) is 31.0 Å². The molecule has 6 nitrogen and oxygen atoms in total. The lowest BCUT2D eigenvalue weighted by atomic mass is 9.99. The van der Waals surface area contributed by atoms with Crippen molar-refractivity contribution in [2.75, 3.05) is 28.6 Å². The van der Waals surface area contributed by atoms with Crippen LogP contribution < -0.4 is 15.5 Å². The second kappa shape index (κ2) is 8.83. The Kier molecular flexibility index (Phi) is 5.80. The highest BCUT2D eigenvalue weighted by atomic mass is 15.2. The first kappa shape index (κ1) is 19.7. The van der Waals surface area contributed by atoms with Gasteiger partial charge in [0.1, 0.15) is 5.82 Å². The van der Waals surface area contributed by atoms with Crippen molar-refractivity contribution >= 4 is 28.8 Å². The summed E-state index contributed by atoms with van der Waals surface area (Å²) in [6, 6.07) is 19.8. The number of nitrogens with zero attached hydrogens (tertiary/aromatic N) is 4. The number of hydrogen-bond acceptors (Lipinski definition) is 6. The number of benzene rings is 2. The number of hydrogen-bond donors (Lipinski definition) is 2. The molecule has 0 aliphatic carbocycles. The molecule has 0 radical (unpaired) electrons. The number of nitrogens with one attached hydrogen (secondary N) is 2. The van der Waals surface area contributed by atoms with Gasteiger partial charge in [-0.25, -0.2) is 4.98 Å². The van der Waals surface area contributed by atoms with Gasteiger partial charge in [-0.3, -0.25) is 0 Å². The maximum atomic E-state index is 9.08. The van der Waals surface area contributed by atoms with Gasteiger partial charge in [0.25, 0.3) is 0 Å². The Morgan fingerprint density at radius 2 is 1.73 bits per heavy atom. The van der Waals surface area contributed by atoms with E-state index < -0.39 is 0 Å². The van der Waals surface area contributed by atoms with Crippen molar-refractivity contribution in [1.82, 2.24) is 9.97 Å². The molecule has 1 fully saturated rings. The minimum atomic E-state index is 0.536. The maximum absolute atomic E-state index is 9.08. The highest BCUT2D eigenvalue weighted by Gasteiger charge is 2.15. The predicted molar refractivity (Wildman–Crippen MR) is 122 cm³/mol. The summed E-state index contributed by atoms with van der Waals surface area (Å²) in [5.74, 6) is 2.04. The number of rotatable bonds is 5. The van der Waals surface area contributed by atoms with Crippen LogP contribution in [0, 0.1) is 24.2 Å². The molecule has 2 heterocycles. The second-order valence-corrected chi connectivity index (χ2v) is 7.88. The average molecular weight is 399 g/mol. The van der Waals surface area contributed by atoms with Gasteiger partial charge >= 0.3 is 0 Å². The summed E-state index contributed by atoms with van der Waals surface area (Å²) in [6.07, 6.45) is 2.51. The fourth-order valence-electron chi connectivity index (χ4n) is 3.65. The van der Waals surface area contributed by atoms with Crippen molar-refractivity contribution in [3.05, 3.63) is 65.9 Å². The standard InChI is InChI=1S/C24H26N6/c1-17-10-12-30(13-11-17)22-8-6-20(7-9-22)28-24-26-18(2)14-23(29-24)27-21-5-3-4-19(15-21)16-25/h3-9,14-15,17H,10-13H2,1-2H3,(H2,26,27,28,29). The molecule has 4 rings (SSSR count). The molecule has 6 heteroatoms. The summed E-state index contributed by atoms with van der Waals surface area (Å²) in [5, 5.41) is 15.6. The molecule has 0 amide bonds. The molecule has 0 saturated carbocycles. The van der Waals surface area contributed by atoms with Crippen molar-refractivity contribution in [3.8, 4) is 6.07 Å². The van der Waals surface area contributed by atoms with Crippen LogP contribution in [0.2, 0.25) is 0 Å². The first-order valence-electron chi connectivity index (χ1n) is 10.3. The van der Waals surface area contributed by atoms with Crippen molar-refractivity contribution < 1.29 is 0 Å². The largest absolute Gasteiger partial charge is 0.372 e. The maximum Gasteiger partial charge on any atom is 0.229 e. The third-order valence-electron chi connectivity index (χ3n) is 5.39. The van der Waals surface area contributed by atoms with Crippen LogP contribution >= 0.6 is 0 Å². The van der Waals surface area contributed by atoms with Crippen LogP contribution in [0.25, 0.3) is 0 Å². The molecule has 1 aromatic heterocycles. The summed E-state index contributed by atoms with van der Waals surface area (Å²) >= 11 is 0. The fourth-order valence-corrected chi connectivity index (χ4v) is 3.65. The molecule has 3 aromatic rings. The third-order valence-corrected chi connectivity index (χ3v) is 5.39. The van der Waals surface area contributed by atoms with Crippen LogP contribution in [0.15, 0.2) is 54.6 Å². The van der Waals surface area contributed by atoms with E-state index in [1.807, 2.05) is 25.1 Å². The van der Waals surface area contributed by atoms with E-state index in [0.717, 1.165) is 36.1 Å². The molecule has 0 spiro atoms. The van der Waals surface area contributed by atoms with Crippen molar-refractivity contribution in [3.63, 3.8) is 0 Å². The lowest BCUT2D eigenvalue weighted by Crippen LogP contribution is -2.32. The Balaban J connectivity index is 1.46. The lowest BCUT2D eigenvalue weighted by molar-refractivity contribution is 0.438. The van der Waals surface area contributed by atoms with Gasteiger partial charge in [-0.05, 0) is 68.1 Å². The average Bonchev–Trinajstić information content (AvgIpc) is 2.75. The van der Waals surface area contributed by atoms with E-state index in [2.05, 4.69) is 62.8 Å². The molecule has 1 saturated heterocycles. The van der Waals surface area contributed by atoms with E-state index in [1.54, 1.807) is 12.1 Å². The zero-order chi connectivity index (χ0) is 20.9. The molecule has 1 aliphatic heterocycles. The highest BCUT2D eigenvalue weighted by molar-refractivity contribution is 5.63. The minimum Gasteiger partial charge on any atom is -0.372 e. The highest BCUT2D eigenvalue weighted by Crippen LogP contribution is 2.25. The van der Waals surface area contributed by atoms with E-state index in [1.165, 1.54) is 18.5 Å². The number of piperidine rings is 1. The fraction of sp³-hybridized carbons (Fsp3) is 0.292. The molecule has 0 bridgehead atoms. The number of aryl methyl sites for hydroxylation is 1. The third kappa shape index (κ3) is 4.87. The summed E-state index contributed by atoms with van der Waals surface area (Å²) in [4.78, 5) is 11.5. The van der Waals surface area contributed by atoms with Gasteiger partial charge in [0.05, 0.1) is 11.6 Å².